The number of hydrogen-bond donors (Lipinski definition) is 2. The smallest absolute Gasteiger partial charge is 0.0608 e. The molecule has 2 unspecified atom stereocenters. The van der Waals surface area contributed by atoms with Crippen molar-refractivity contribution in [3.8, 4) is 0 Å². The van der Waals surface area contributed by atoms with E-state index >= 15 is 0 Å². The van der Waals surface area contributed by atoms with Crippen LogP contribution in [0.25, 0.3) is 0 Å². The molecular weight excluding hydrogens is 212 g/mol. The standard InChI is InChI=1S/C14H30N2O/c1-12(2)13-6-9-16(10-13)8-5-4-7-14(3,15)11-17/h12-13,17H,4-11,15H2,1-3H3. The van der Waals surface area contributed by atoms with Crippen molar-refractivity contribution in [1.29, 1.82) is 0 Å². The van der Waals surface area contributed by atoms with Crippen molar-refractivity contribution in [2.24, 2.45) is 17.6 Å². The van der Waals surface area contributed by atoms with Gasteiger partial charge < -0.3 is 15.7 Å². The van der Waals surface area contributed by atoms with Gasteiger partial charge in [0.2, 0.25) is 0 Å². The predicted octanol–water partition coefficient (Wildman–Crippen LogP) is 1.84. The molecule has 1 aliphatic heterocycles. The number of likely N-dealkylation sites (tertiary alicyclic amines) is 1. The Bertz CT molecular complexity index is 216. The van der Waals surface area contributed by atoms with Gasteiger partial charge >= 0.3 is 0 Å². The first-order valence-corrected chi connectivity index (χ1v) is 7.07. The van der Waals surface area contributed by atoms with E-state index in [4.69, 9.17) is 10.8 Å². The highest BCUT2D eigenvalue weighted by Gasteiger charge is 2.24. The molecule has 0 bridgehead atoms. The normalized spacial score (nSPS) is 25.4. The van der Waals surface area contributed by atoms with E-state index in [1.165, 1.54) is 32.5 Å². The first-order chi connectivity index (χ1) is 7.94. The third kappa shape index (κ3) is 5.36. The summed E-state index contributed by atoms with van der Waals surface area (Å²) in [5.41, 5.74) is 5.52. The van der Waals surface area contributed by atoms with Crippen molar-refractivity contribution >= 4 is 0 Å². The minimum Gasteiger partial charge on any atom is -0.394 e. The summed E-state index contributed by atoms with van der Waals surface area (Å²) in [6.45, 7) is 10.4. The van der Waals surface area contributed by atoms with Gasteiger partial charge in [-0.1, -0.05) is 20.3 Å². The van der Waals surface area contributed by atoms with E-state index in [0.29, 0.717) is 0 Å². The third-order valence-electron chi connectivity index (χ3n) is 4.09. The average molecular weight is 242 g/mol. The summed E-state index contributed by atoms with van der Waals surface area (Å²) in [4.78, 5) is 2.58. The van der Waals surface area contributed by atoms with Crippen LogP contribution in [0.3, 0.4) is 0 Å². The Kier molecular flexibility index (Phi) is 5.90. The molecule has 1 aliphatic rings. The fourth-order valence-electron chi connectivity index (χ4n) is 2.55. The number of aliphatic hydroxyl groups excluding tert-OH is 1. The van der Waals surface area contributed by atoms with E-state index < -0.39 is 0 Å². The van der Waals surface area contributed by atoms with Crippen LogP contribution in [0.5, 0.6) is 0 Å². The Balaban J connectivity index is 2.08. The molecule has 0 spiro atoms. The van der Waals surface area contributed by atoms with Crippen LogP contribution in [0, 0.1) is 11.8 Å². The van der Waals surface area contributed by atoms with Crippen LogP contribution < -0.4 is 5.73 Å². The van der Waals surface area contributed by atoms with Gasteiger partial charge in [-0.2, -0.15) is 0 Å². The maximum Gasteiger partial charge on any atom is 0.0608 e. The molecule has 1 saturated heterocycles. The van der Waals surface area contributed by atoms with Gasteiger partial charge in [-0.15, -0.1) is 0 Å². The summed E-state index contributed by atoms with van der Waals surface area (Å²) >= 11 is 0. The minimum absolute atomic E-state index is 0.0894. The van der Waals surface area contributed by atoms with Crippen LogP contribution in [0.15, 0.2) is 0 Å². The Morgan fingerprint density at radius 2 is 2.12 bits per heavy atom. The number of rotatable bonds is 7. The highest BCUT2D eigenvalue weighted by molar-refractivity contribution is 4.79. The summed E-state index contributed by atoms with van der Waals surface area (Å²) in [5, 5.41) is 9.07. The summed E-state index contributed by atoms with van der Waals surface area (Å²) in [6, 6.07) is 0. The molecule has 0 saturated carbocycles. The highest BCUT2D eigenvalue weighted by Crippen LogP contribution is 2.23. The Morgan fingerprint density at radius 3 is 2.65 bits per heavy atom. The number of nitrogens with zero attached hydrogens (tertiary/aromatic N) is 1. The maximum atomic E-state index is 9.07. The maximum absolute atomic E-state index is 9.07. The summed E-state index contributed by atoms with van der Waals surface area (Å²) in [7, 11) is 0. The van der Waals surface area contributed by atoms with Crippen LogP contribution in [0.4, 0.5) is 0 Å². The van der Waals surface area contributed by atoms with Crippen LogP contribution in [0.1, 0.15) is 46.5 Å². The zero-order valence-corrected chi connectivity index (χ0v) is 11.8. The van der Waals surface area contributed by atoms with E-state index in [-0.39, 0.29) is 12.1 Å². The lowest BCUT2D eigenvalue weighted by Gasteiger charge is -2.22. The van der Waals surface area contributed by atoms with Crippen molar-refractivity contribution in [2.45, 2.75) is 52.0 Å². The van der Waals surface area contributed by atoms with Gasteiger partial charge in [-0.05, 0) is 51.1 Å². The van der Waals surface area contributed by atoms with Gasteiger partial charge in [0.1, 0.15) is 0 Å². The average Bonchev–Trinajstić information content (AvgIpc) is 2.73. The molecule has 17 heavy (non-hydrogen) atoms. The van der Waals surface area contributed by atoms with Crippen LogP contribution >= 0.6 is 0 Å². The van der Waals surface area contributed by atoms with Crippen LogP contribution in [-0.2, 0) is 0 Å². The molecule has 1 rings (SSSR count). The fourth-order valence-corrected chi connectivity index (χ4v) is 2.55. The number of hydrogen-bond acceptors (Lipinski definition) is 3. The molecule has 0 radical (unpaired) electrons. The molecule has 0 aliphatic carbocycles. The van der Waals surface area contributed by atoms with Gasteiger partial charge in [0.25, 0.3) is 0 Å². The van der Waals surface area contributed by atoms with Crippen molar-refractivity contribution in [1.82, 2.24) is 4.90 Å². The molecule has 3 heteroatoms. The molecule has 1 fully saturated rings. The van der Waals surface area contributed by atoms with Gasteiger partial charge in [-0.25, -0.2) is 0 Å². The monoisotopic (exact) mass is 242 g/mol. The number of nitrogens with two attached hydrogens (primary N) is 1. The summed E-state index contributed by atoms with van der Waals surface area (Å²) in [6.07, 6.45) is 4.61. The first kappa shape index (κ1) is 14.9. The molecule has 3 nitrogen and oxygen atoms in total. The summed E-state index contributed by atoms with van der Waals surface area (Å²) in [5.74, 6) is 1.72. The molecule has 0 amide bonds. The third-order valence-corrected chi connectivity index (χ3v) is 4.09. The fraction of sp³-hybridized carbons (Fsp3) is 1.00. The van der Waals surface area contributed by atoms with Crippen molar-refractivity contribution in [2.75, 3.05) is 26.2 Å². The minimum atomic E-state index is -0.383. The molecule has 102 valence electrons. The highest BCUT2D eigenvalue weighted by atomic mass is 16.3. The van der Waals surface area contributed by atoms with E-state index in [2.05, 4.69) is 18.7 Å². The number of aliphatic hydroxyl groups is 1. The molecule has 0 aromatic carbocycles. The lowest BCUT2D eigenvalue weighted by molar-refractivity contribution is 0.195. The Hall–Kier alpha value is -0.120. The van der Waals surface area contributed by atoms with Crippen molar-refractivity contribution in [3.05, 3.63) is 0 Å². The first-order valence-electron chi connectivity index (χ1n) is 7.07. The Morgan fingerprint density at radius 1 is 1.41 bits per heavy atom. The second-order valence-corrected chi connectivity index (χ2v) is 6.36. The van der Waals surface area contributed by atoms with Crippen LogP contribution in [0.2, 0.25) is 0 Å². The Labute approximate surface area is 106 Å². The van der Waals surface area contributed by atoms with E-state index in [9.17, 15) is 0 Å². The second-order valence-electron chi connectivity index (χ2n) is 6.36. The second kappa shape index (κ2) is 6.72. The zero-order valence-electron chi connectivity index (χ0n) is 11.8. The SMILES string of the molecule is CC(C)C1CCN(CCCCC(C)(N)CO)C1. The largest absolute Gasteiger partial charge is 0.394 e. The molecule has 3 N–H and O–H groups in total. The van der Waals surface area contributed by atoms with Gasteiger partial charge in [0.05, 0.1) is 6.61 Å². The lowest BCUT2D eigenvalue weighted by atomic mass is 9.95. The quantitative estimate of drug-likeness (QED) is 0.670. The predicted molar refractivity (Wildman–Crippen MR) is 72.9 cm³/mol. The van der Waals surface area contributed by atoms with Gasteiger partial charge in [0.15, 0.2) is 0 Å². The van der Waals surface area contributed by atoms with Crippen LogP contribution in [-0.4, -0.2) is 41.8 Å². The van der Waals surface area contributed by atoms with Gasteiger partial charge in [-0.3, -0.25) is 0 Å². The van der Waals surface area contributed by atoms with E-state index in [0.717, 1.165) is 24.7 Å². The van der Waals surface area contributed by atoms with E-state index in [1.54, 1.807) is 0 Å². The molecule has 1 heterocycles. The topological polar surface area (TPSA) is 49.5 Å². The summed E-state index contributed by atoms with van der Waals surface area (Å²) < 4.78 is 0. The molecule has 0 aromatic heterocycles. The van der Waals surface area contributed by atoms with Gasteiger partial charge in [0, 0.05) is 12.1 Å². The van der Waals surface area contributed by atoms with E-state index in [1.807, 2.05) is 6.92 Å². The number of unbranched alkanes of at least 4 members (excludes halogenated alkanes) is 1. The molecule has 0 aromatic rings. The molecular formula is C14H30N2O. The van der Waals surface area contributed by atoms with Crippen molar-refractivity contribution in [3.63, 3.8) is 0 Å². The zero-order chi connectivity index (χ0) is 12.9. The van der Waals surface area contributed by atoms with Crippen molar-refractivity contribution < 1.29 is 5.11 Å². The lowest BCUT2D eigenvalue weighted by Crippen LogP contribution is -2.40. The molecule has 2 atom stereocenters.